The third kappa shape index (κ3) is 3.75. The molecule has 2 aliphatic rings. The number of ether oxygens (including phenoxy) is 1. The molecule has 2 aliphatic carbocycles. The van der Waals surface area contributed by atoms with Crippen molar-refractivity contribution < 1.29 is 4.74 Å². The highest BCUT2D eigenvalue weighted by Gasteiger charge is 2.38. The molecule has 0 amide bonds. The average Bonchev–Trinajstić information content (AvgIpc) is 3.06. The molecule has 0 heterocycles. The van der Waals surface area contributed by atoms with Crippen LogP contribution in [0, 0.1) is 0 Å². The molecule has 2 aromatic carbocycles. The van der Waals surface area contributed by atoms with E-state index in [4.69, 9.17) is 4.74 Å². The summed E-state index contributed by atoms with van der Waals surface area (Å²) in [5.74, 6) is 0.968. The van der Waals surface area contributed by atoms with Crippen LogP contribution in [-0.4, -0.2) is 31.1 Å². The van der Waals surface area contributed by atoms with Crippen LogP contribution in [0.5, 0.6) is 5.75 Å². The van der Waals surface area contributed by atoms with Gasteiger partial charge in [0.2, 0.25) is 0 Å². The van der Waals surface area contributed by atoms with Crippen LogP contribution in [0.4, 0.5) is 0 Å². The molecule has 2 aromatic rings. The smallest absolute Gasteiger partial charge is 0.119 e. The normalized spacial score (nSPS) is 17.6. The zero-order valence-electron chi connectivity index (χ0n) is 17.4. The summed E-state index contributed by atoms with van der Waals surface area (Å²) < 4.78 is 5.98. The molecule has 1 spiro atoms. The van der Waals surface area contributed by atoms with Crippen molar-refractivity contribution >= 4 is 5.57 Å². The number of hydrogen-bond donors (Lipinski definition) is 0. The fraction of sp³-hybridized carbons (Fsp3) is 0.462. The summed E-state index contributed by atoms with van der Waals surface area (Å²) >= 11 is 0. The molecular weight excluding hydrogens is 342 g/mol. The fourth-order valence-electron chi connectivity index (χ4n) is 4.98. The molecule has 28 heavy (non-hydrogen) atoms. The van der Waals surface area contributed by atoms with Crippen molar-refractivity contribution in [1.29, 1.82) is 0 Å². The van der Waals surface area contributed by atoms with Gasteiger partial charge in [-0.05, 0) is 60.3 Å². The summed E-state index contributed by atoms with van der Waals surface area (Å²) in [5, 5.41) is 0. The Bertz CT molecular complexity index is 811. The van der Waals surface area contributed by atoms with Gasteiger partial charge in [0.15, 0.2) is 0 Å². The van der Waals surface area contributed by atoms with Gasteiger partial charge in [0.05, 0.1) is 0 Å². The second-order valence-electron chi connectivity index (χ2n) is 8.22. The maximum absolute atomic E-state index is 5.98. The Hall–Kier alpha value is -2.06. The number of hydrogen-bond acceptors (Lipinski definition) is 2. The molecule has 0 saturated heterocycles. The topological polar surface area (TPSA) is 12.5 Å². The predicted octanol–water partition coefficient (Wildman–Crippen LogP) is 6.05. The number of benzene rings is 2. The molecule has 0 aromatic heterocycles. The standard InChI is InChI=1S/C26H33NO/c1-3-27(4-2)18-19-28-22-14-12-21(13-15-22)24-20-26(16-8-5-9-17-26)25-11-7-6-10-23(24)25/h6-7,10-15,20H,3-5,8-9,16-19H2,1-2H3. The van der Waals surface area contributed by atoms with Crippen LogP contribution in [0.15, 0.2) is 54.6 Å². The van der Waals surface area contributed by atoms with Gasteiger partial charge in [-0.15, -0.1) is 0 Å². The van der Waals surface area contributed by atoms with Crippen molar-refractivity contribution in [2.45, 2.75) is 51.4 Å². The first-order chi connectivity index (χ1) is 13.8. The lowest BCUT2D eigenvalue weighted by molar-refractivity contribution is 0.223. The van der Waals surface area contributed by atoms with E-state index in [1.54, 1.807) is 5.56 Å². The maximum Gasteiger partial charge on any atom is 0.119 e. The highest BCUT2D eigenvalue weighted by Crippen LogP contribution is 2.50. The zero-order chi connectivity index (χ0) is 19.4. The Kier molecular flexibility index (Phi) is 5.87. The second kappa shape index (κ2) is 8.53. The van der Waals surface area contributed by atoms with E-state index in [0.29, 0.717) is 0 Å². The number of nitrogens with zero attached hydrogens (tertiary/aromatic N) is 1. The molecule has 4 rings (SSSR count). The monoisotopic (exact) mass is 375 g/mol. The molecule has 2 nitrogen and oxygen atoms in total. The Labute approximate surface area is 170 Å². The predicted molar refractivity (Wildman–Crippen MR) is 118 cm³/mol. The van der Waals surface area contributed by atoms with Crippen molar-refractivity contribution in [2.75, 3.05) is 26.2 Å². The first-order valence-electron chi connectivity index (χ1n) is 11.0. The minimum atomic E-state index is 0.267. The van der Waals surface area contributed by atoms with Crippen LogP contribution in [0.25, 0.3) is 5.57 Å². The first kappa shape index (κ1) is 19.3. The lowest BCUT2D eigenvalue weighted by Crippen LogP contribution is -2.27. The Morgan fingerprint density at radius 3 is 2.32 bits per heavy atom. The maximum atomic E-state index is 5.98. The molecule has 148 valence electrons. The molecular formula is C26H33NO. The van der Waals surface area contributed by atoms with E-state index in [9.17, 15) is 0 Å². The van der Waals surface area contributed by atoms with E-state index in [1.165, 1.54) is 48.8 Å². The van der Waals surface area contributed by atoms with Gasteiger partial charge in [0.25, 0.3) is 0 Å². The van der Waals surface area contributed by atoms with Crippen LogP contribution >= 0.6 is 0 Å². The molecule has 1 saturated carbocycles. The highest BCUT2D eigenvalue weighted by molar-refractivity contribution is 5.87. The summed E-state index contributed by atoms with van der Waals surface area (Å²) in [7, 11) is 0. The summed E-state index contributed by atoms with van der Waals surface area (Å²) in [5.41, 5.74) is 5.96. The minimum absolute atomic E-state index is 0.267. The van der Waals surface area contributed by atoms with Gasteiger partial charge in [0.1, 0.15) is 12.4 Å². The average molecular weight is 376 g/mol. The van der Waals surface area contributed by atoms with Crippen LogP contribution in [0.1, 0.15) is 62.6 Å². The van der Waals surface area contributed by atoms with Crippen molar-refractivity contribution in [3.05, 3.63) is 71.3 Å². The SMILES string of the molecule is CCN(CC)CCOc1ccc(C2=CC3(CCCCC3)c3ccccc32)cc1. The van der Waals surface area contributed by atoms with Gasteiger partial charge in [-0.2, -0.15) is 0 Å². The second-order valence-corrected chi connectivity index (χ2v) is 8.22. The van der Waals surface area contributed by atoms with E-state index >= 15 is 0 Å². The quantitative estimate of drug-likeness (QED) is 0.584. The first-order valence-corrected chi connectivity index (χ1v) is 11.0. The summed E-state index contributed by atoms with van der Waals surface area (Å²) in [6.07, 6.45) is 9.23. The molecule has 0 bridgehead atoms. The van der Waals surface area contributed by atoms with Crippen molar-refractivity contribution in [1.82, 2.24) is 4.90 Å². The van der Waals surface area contributed by atoms with Crippen LogP contribution in [-0.2, 0) is 5.41 Å². The van der Waals surface area contributed by atoms with Crippen LogP contribution in [0.3, 0.4) is 0 Å². The van der Waals surface area contributed by atoms with Gasteiger partial charge >= 0.3 is 0 Å². The number of rotatable bonds is 7. The largest absolute Gasteiger partial charge is 0.492 e. The minimum Gasteiger partial charge on any atom is -0.492 e. The molecule has 0 radical (unpaired) electrons. The molecule has 0 atom stereocenters. The van der Waals surface area contributed by atoms with Gasteiger partial charge in [-0.25, -0.2) is 0 Å². The van der Waals surface area contributed by atoms with Crippen molar-refractivity contribution in [2.24, 2.45) is 0 Å². The Morgan fingerprint density at radius 1 is 0.893 bits per heavy atom. The van der Waals surface area contributed by atoms with Crippen LogP contribution < -0.4 is 4.74 Å². The number of allylic oxidation sites excluding steroid dienone is 1. The van der Waals surface area contributed by atoms with Gasteiger partial charge in [0, 0.05) is 12.0 Å². The summed E-state index contributed by atoms with van der Waals surface area (Å²) in [6.45, 7) is 8.28. The molecule has 0 aliphatic heterocycles. The fourth-order valence-corrected chi connectivity index (χ4v) is 4.98. The number of likely N-dealkylation sites (N-methyl/N-ethyl adjacent to an activating group) is 1. The van der Waals surface area contributed by atoms with E-state index in [-0.39, 0.29) is 5.41 Å². The summed E-state index contributed by atoms with van der Waals surface area (Å²) in [6, 6.07) is 17.8. The van der Waals surface area contributed by atoms with E-state index in [0.717, 1.165) is 32.0 Å². The molecule has 2 heteroatoms. The van der Waals surface area contributed by atoms with Gasteiger partial charge in [-0.3, -0.25) is 0 Å². The van der Waals surface area contributed by atoms with E-state index in [1.807, 2.05) is 0 Å². The molecule has 0 N–H and O–H groups in total. The van der Waals surface area contributed by atoms with Gasteiger partial charge < -0.3 is 9.64 Å². The summed E-state index contributed by atoms with van der Waals surface area (Å²) in [4.78, 5) is 2.39. The van der Waals surface area contributed by atoms with E-state index < -0.39 is 0 Å². The molecule has 1 fully saturated rings. The van der Waals surface area contributed by atoms with Crippen molar-refractivity contribution in [3.63, 3.8) is 0 Å². The zero-order valence-corrected chi connectivity index (χ0v) is 17.4. The third-order valence-corrected chi connectivity index (χ3v) is 6.66. The number of fused-ring (bicyclic) bond motifs is 2. The lowest BCUT2D eigenvalue weighted by atomic mass is 9.71. The molecule has 0 unspecified atom stereocenters. The Balaban J connectivity index is 1.52. The highest BCUT2D eigenvalue weighted by atomic mass is 16.5. The lowest BCUT2D eigenvalue weighted by Gasteiger charge is -2.33. The Morgan fingerprint density at radius 2 is 1.61 bits per heavy atom. The van der Waals surface area contributed by atoms with Crippen LogP contribution in [0.2, 0.25) is 0 Å². The third-order valence-electron chi connectivity index (χ3n) is 6.66. The van der Waals surface area contributed by atoms with Crippen molar-refractivity contribution in [3.8, 4) is 5.75 Å². The van der Waals surface area contributed by atoms with E-state index in [2.05, 4.69) is 73.4 Å². The van der Waals surface area contributed by atoms with Gasteiger partial charge in [-0.1, -0.05) is 75.6 Å².